The van der Waals surface area contributed by atoms with E-state index < -0.39 is 11.5 Å². The number of hydrogen-bond donors (Lipinski definition) is 2. The molecule has 4 unspecified atom stereocenters. The van der Waals surface area contributed by atoms with Crippen LogP contribution in [0.2, 0.25) is 0 Å². The second-order valence-electron chi connectivity index (χ2n) is 6.77. The molecule has 0 aromatic rings. The number of hydrogen-bond acceptors (Lipinski definition) is 3. The summed E-state index contributed by atoms with van der Waals surface area (Å²) in [5.41, 5.74) is -1.02. The average Bonchev–Trinajstić information content (AvgIpc) is 3.00. The van der Waals surface area contributed by atoms with Gasteiger partial charge in [0.1, 0.15) is 5.54 Å². The summed E-state index contributed by atoms with van der Waals surface area (Å²) in [6.45, 7) is 3.20. The maximum absolute atomic E-state index is 12.9. The van der Waals surface area contributed by atoms with Gasteiger partial charge in [-0.05, 0) is 57.4 Å². The Hall–Kier alpha value is -1.10. The highest BCUT2D eigenvalue weighted by molar-refractivity contribution is 5.90. The van der Waals surface area contributed by atoms with Crippen LogP contribution in [0, 0.1) is 11.8 Å². The molecule has 4 atom stereocenters. The van der Waals surface area contributed by atoms with Gasteiger partial charge in [0, 0.05) is 6.54 Å². The first-order chi connectivity index (χ1) is 9.54. The van der Waals surface area contributed by atoms with Crippen LogP contribution in [0.15, 0.2) is 0 Å². The normalized spacial score (nSPS) is 40.6. The van der Waals surface area contributed by atoms with Crippen molar-refractivity contribution in [2.24, 2.45) is 11.8 Å². The Kier molecular flexibility index (Phi) is 3.48. The molecule has 3 rings (SSSR count). The highest BCUT2D eigenvalue weighted by atomic mass is 16.4. The van der Waals surface area contributed by atoms with Crippen molar-refractivity contribution < 1.29 is 14.7 Å². The summed E-state index contributed by atoms with van der Waals surface area (Å²) in [6, 6.07) is -0.153. The fraction of sp³-hybridized carbons (Fsp3) is 0.867. The van der Waals surface area contributed by atoms with Crippen LogP contribution in [-0.2, 0) is 9.59 Å². The molecular weight excluding hydrogens is 256 g/mol. The summed E-state index contributed by atoms with van der Waals surface area (Å²) < 4.78 is 0. The minimum atomic E-state index is -1.02. The summed E-state index contributed by atoms with van der Waals surface area (Å²) in [4.78, 5) is 26.1. The fourth-order valence-electron chi connectivity index (χ4n) is 4.32. The number of carboxylic acid groups (broad SMARTS) is 1. The van der Waals surface area contributed by atoms with Crippen LogP contribution in [0.3, 0.4) is 0 Å². The molecule has 112 valence electrons. The molecule has 20 heavy (non-hydrogen) atoms. The summed E-state index contributed by atoms with van der Waals surface area (Å²) in [7, 11) is 0. The highest BCUT2D eigenvalue weighted by Crippen LogP contribution is 2.39. The molecule has 3 fully saturated rings. The molecule has 3 aliphatic rings. The number of fused-ring (bicyclic) bond motifs is 1. The van der Waals surface area contributed by atoms with Crippen LogP contribution in [0.25, 0.3) is 0 Å². The van der Waals surface area contributed by atoms with E-state index in [-0.39, 0.29) is 11.9 Å². The van der Waals surface area contributed by atoms with Gasteiger partial charge in [-0.3, -0.25) is 4.79 Å². The largest absolute Gasteiger partial charge is 0.480 e. The maximum Gasteiger partial charge on any atom is 0.329 e. The summed E-state index contributed by atoms with van der Waals surface area (Å²) in [6.07, 6.45) is 5.88. The van der Waals surface area contributed by atoms with Gasteiger partial charge in [-0.2, -0.15) is 0 Å². The third-order valence-corrected chi connectivity index (χ3v) is 5.63. The van der Waals surface area contributed by atoms with Gasteiger partial charge in [-0.15, -0.1) is 0 Å². The number of nitrogens with one attached hydrogen (secondary N) is 1. The predicted molar refractivity (Wildman–Crippen MR) is 74.2 cm³/mol. The zero-order chi connectivity index (χ0) is 14.3. The number of likely N-dealkylation sites (tertiary alicyclic amines) is 1. The molecular formula is C15H24N2O3. The average molecular weight is 280 g/mol. The first kappa shape index (κ1) is 13.9. The molecule has 2 aliphatic heterocycles. The van der Waals surface area contributed by atoms with Gasteiger partial charge in [-0.25, -0.2) is 4.79 Å². The lowest BCUT2D eigenvalue weighted by Gasteiger charge is -2.43. The van der Waals surface area contributed by atoms with Crippen molar-refractivity contribution in [3.05, 3.63) is 0 Å². The van der Waals surface area contributed by atoms with E-state index in [4.69, 9.17) is 0 Å². The smallest absolute Gasteiger partial charge is 0.329 e. The van der Waals surface area contributed by atoms with Crippen LogP contribution in [0.1, 0.15) is 45.4 Å². The first-order valence-corrected chi connectivity index (χ1v) is 7.82. The van der Waals surface area contributed by atoms with E-state index in [1.165, 1.54) is 12.8 Å². The van der Waals surface area contributed by atoms with Crippen LogP contribution >= 0.6 is 0 Å². The zero-order valence-corrected chi connectivity index (χ0v) is 12.1. The van der Waals surface area contributed by atoms with Gasteiger partial charge in [0.15, 0.2) is 0 Å². The minimum absolute atomic E-state index is 0.0176. The van der Waals surface area contributed by atoms with E-state index in [0.717, 1.165) is 25.8 Å². The number of aliphatic carboxylic acids is 1. The molecule has 1 aliphatic carbocycles. The standard InChI is InChI=1S/C15H24N2O3/c1-15(14(19)20)7-2-3-8-17(15)13(18)12-11-6-4-5-10(11)9-16-12/h10-12,16H,2-9H2,1H3,(H,19,20). The molecule has 2 heterocycles. The zero-order valence-electron chi connectivity index (χ0n) is 12.1. The summed E-state index contributed by atoms with van der Waals surface area (Å²) >= 11 is 0. The number of carbonyl (C=O) groups is 2. The lowest BCUT2D eigenvalue weighted by molar-refractivity contribution is -0.162. The first-order valence-electron chi connectivity index (χ1n) is 7.82. The van der Waals surface area contributed by atoms with Crippen LogP contribution in [-0.4, -0.2) is 46.6 Å². The van der Waals surface area contributed by atoms with E-state index in [0.29, 0.717) is 24.8 Å². The topological polar surface area (TPSA) is 69.6 Å². The quantitative estimate of drug-likeness (QED) is 0.798. The Morgan fingerprint density at radius 2 is 2.05 bits per heavy atom. The Morgan fingerprint density at radius 3 is 2.80 bits per heavy atom. The number of nitrogens with zero attached hydrogens (tertiary/aromatic N) is 1. The number of amides is 1. The molecule has 5 nitrogen and oxygen atoms in total. The Balaban J connectivity index is 1.80. The molecule has 1 saturated carbocycles. The van der Waals surface area contributed by atoms with Crippen molar-refractivity contribution in [3.63, 3.8) is 0 Å². The molecule has 1 amide bonds. The van der Waals surface area contributed by atoms with Gasteiger partial charge in [0.25, 0.3) is 0 Å². The van der Waals surface area contributed by atoms with E-state index in [1.54, 1.807) is 11.8 Å². The van der Waals surface area contributed by atoms with Crippen molar-refractivity contribution >= 4 is 11.9 Å². The van der Waals surface area contributed by atoms with Crippen molar-refractivity contribution in [2.45, 2.75) is 57.0 Å². The summed E-state index contributed by atoms with van der Waals surface area (Å²) in [5.74, 6) is 0.183. The Labute approximate surface area is 119 Å². The number of carboxylic acids is 1. The van der Waals surface area contributed by atoms with Crippen molar-refractivity contribution in [2.75, 3.05) is 13.1 Å². The summed E-state index contributed by atoms with van der Waals surface area (Å²) in [5, 5.41) is 12.9. The van der Waals surface area contributed by atoms with Crippen molar-refractivity contribution in [1.82, 2.24) is 10.2 Å². The molecule has 2 saturated heterocycles. The molecule has 0 radical (unpaired) electrons. The molecule has 2 N–H and O–H groups in total. The van der Waals surface area contributed by atoms with Gasteiger partial charge in [-0.1, -0.05) is 6.42 Å². The number of carbonyl (C=O) groups excluding carboxylic acids is 1. The predicted octanol–water partition coefficient (Wildman–Crippen LogP) is 1.23. The van der Waals surface area contributed by atoms with Gasteiger partial charge < -0.3 is 15.3 Å². The van der Waals surface area contributed by atoms with E-state index in [1.807, 2.05) is 0 Å². The second kappa shape index (κ2) is 5.02. The maximum atomic E-state index is 12.9. The monoisotopic (exact) mass is 280 g/mol. The van der Waals surface area contributed by atoms with Crippen LogP contribution in [0.4, 0.5) is 0 Å². The Morgan fingerprint density at radius 1 is 1.25 bits per heavy atom. The molecule has 0 spiro atoms. The lowest BCUT2D eigenvalue weighted by Crippen LogP contribution is -2.61. The van der Waals surface area contributed by atoms with Crippen LogP contribution < -0.4 is 5.32 Å². The third-order valence-electron chi connectivity index (χ3n) is 5.63. The van der Waals surface area contributed by atoms with Gasteiger partial charge in [0.2, 0.25) is 5.91 Å². The minimum Gasteiger partial charge on any atom is -0.480 e. The van der Waals surface area contributed by atoms with E-state index >= 15 is 0 Å². The van der Waals surface area contributed by atoms with E-state index in [9.17, 15) is 14.7 Å². The number of rotatable bonds is 2. The number of piperidine rings is 1. The molecule has 0 bridgehead atoms. The van der Waals surface area contributed by atoms with Crippen molar-refractivity contribution in [1.29, 1.82) is 0 Å². The third kappa shape index (κ3) is 2.03. The van der Waals surface area contributed by atoms with Crippen LogP contribution in [0.5, 0.6) is 0 Å². The molecule has 0 aromatic carbocycles. The van der Waals surface area contributed by atoms with Crippen molar-refractivity contribution in [3.8, 4) is 0 Å². The lowest BCUT2D eigenvalue weighted by atomic mass is 9.86. The Bertz CT molecular complexity index is 425. The van der Waals surface area contributed by atoms with Gasteiger partial charge in [0.05, 0.1) is 6.04 Å². The second-order valence-corrected chi connectivity index (χ2v) is 6.77. The molecule has 5 heteroatoms. The molecule has 0 aromatic heterocycles. The fourth-order valence-corrected chi connectivity index (χ4v) is 4.32. The highest BCUT2D eigenvalue weighted by Gasteiger charge is 2.50. The van der Waals surface area contributed by atoms with Gasteiger partial charge >= 0.3 is 5.97 Å². The SMILES string of the molecule is CC1(C(=O)O)CCCCN1C(=O)C1NCC2CCCC21. The van der Waals surface area contributed by atoms with E-state index in [2.05, 4.69) is 5.32 Å².